The van der Waals surface area contributed by atoms with Crippen LogP contribution < -0.4 is 0 Å². The van der Waals surface area contributed by atoms with Crippen molar-refractivity contribution < 1.29 is 13.3 Å². The summed E-state index contributed by atoms with van der Waals surface area (Å²) in [7, 11) is -3.25. The summed E-state index contributed by atoms with van der Waals surface area (Å²) in [6, 6.07) is 24.6. The van der Waals surface area contributed by atoms with Gasteiger partial charge in [-0.3, -0.25) is 0 Å². The van der Waals surface area contributed by atoms with Gasteiger partial charge >= 0.3 is 0 Å². The van der Waals surface area contributed by atoms with E-state index in [0.717, 1.165) is 28.0 Å². The lowest BCUT2D eigenvalue weighted by Crippen LogP contribution is -2.18. The molecule has 6 heteroatoms. The van der Waals surface area contributed by atoms with Crippen molar-refractivity contribution in [2.75, 3.05) is 12.8 Å². The van der Waals surface area contributed by atoms with Crippen molar-refractivity contribution in [1.82, 2.24) is 5.06 Å². The summed E-state index contributed by atoms with van der Waals surface area (Å²) in [5, 5.41) is 2.58. The Labute approximate surface area is 175 Å². The summed E-state index contributed by atoms with van der Waals surface area (Å²) < 4.78 is 23.5. The van der Waals surface area contributed by atoms with Crippen molar-refractivity contribution >= 4 is 32.8 Å². The Morgan fingerprint density at radius 3 is 2.14 bits per heavy atom. The van der Waals surface area contributed by atoms with Gasteiger partial charge in [-0.2, -0.15) is 0 Å². The van der Waals surface area contributed by atoms with Crippen molar-refractivity contribution in [2.24, 2.45) is 0 Å². The number of hydrogen-bond acceptors (Lipinski definition) is 4. The SMILES string of the molecule is CS(=O)(=O)c1ccc(C2=C(c3ccc(Cl)cc3)CN(Cc3ccccc3)O2)cc1. The van der Waals surface area contributed by atoms with E-state index in [1.54, 1.807) is 24.3 Å². The third kappa shape index (κ3) is 4.53. The Balaban J connectivity index is 1.69. The molecule has 1 heterocycles. The minimum atomic E-state index is -3.25. The Morgan fingerprint density at radius 2 is 1.52 bits per heavy atom. The van der Waals surface area contributed by atoms with Crippen molar-refractivity contribution in [2.45, 2.75) is 11.4 Å². The van der Waals surface area contributed by atoms with Crippen LogP contribution in [0.1, 0.15) is 16.7 Å². The Kier molecular flexibility index (Phi) is 5.46. The second kappa shape index (κ2) is 8.03. The molecule has 1 aliphatic heterocycles. The summed E-state index contributed by atoms with van der Waals surface area (Å²) in [5.74, 6) is 0.725. The van der Waals surface area contributed by atoms with Gasteiger partial charge in [0.05, 0.1) is 18.0 Å². The molecule has 3 aromatic carbocycles. The molecule has 0 unspecified atom stereocenters. The molecule has 1 aliphatic rings. The normalized spacial score (nSPS) is 14.8. The third-order valence-electron chi connectivity index (χ3n) is 4.77. The van der Waals surface area contributed by atoms with Crippen LogP contribution in [0.15, 0.2) is 83.8 Å². The highest BCUT2D eigenvalue weighted by atomic mass is 35.5. The van der Waals surface area contributed by atoms with Gasteiger partial charge in [-0.05, 0) is 47.5 Å². The van der Waals surface area contributed by atoms with Gasteiger partial charge in [0.1, 0.15) is 0 Å². The molecule has 0 fully saturated rings. The van der Waals surface area contributed by atoms with Crippen LogP contribution in [0, 0.1) is 0 Å². The third-order valence-corrected chi connectivity index (χ3v) is 6.15. The number of nitrogens with zero attached hydrogens (tertiary/aromatic N) is 1. The molecule has 148 valence electrons. The molecule has 0 bridgehead atoms. The molecular weight excluding hydrogens is 406 g/mol. The van der Waals surface area contributed by atoms with Crippen molar-refractivity contribution in [3.63, 3.8) is 0 Å². The molecular formula is C23H20ClNO3S. The maximum absolute atomic E-state index is 11.8. The van der Waals surface area contributed by atoms with E-state index in [1.807, 2.05) is 47.5 Å². The average Bonchev–Trinajstić information content (AvgIpc) is 3.12. The monoisotopic (exact) mass is 425 g/mol. The Bertz CT molecular complexity index is 1140. The van der Waals surface area contributed by atoms with E-state index < -0.39 is 9.84 Å². The van der Waals surface area contributed by atoms with E-state index in [4.69, 9.17) is 16.4 Å². The minimum Gasteiger partial charge on any atom is -0.404 e. The van der Waals surface area contributed by atoms with Crippen LogP contribution >= 0.6 is 11.6 Å². The summed E-state index contributed by atoms with van der Waals surface area (Å²) in [6.45, 7) is 1.25. The fourth-order valence-electron chi connectivity index (χ4n) is 3.29. The average molecular weight is 426 g/mol. The molecule has 0 radical (unpaired) electrons. The second-order valence-electron chi connectivity index (χ2n) is 6.99. The molecule has 0 saturated carbocycles. The van der Waals surface area contributed by atoms with E-state index in [1.165, 1.54) is 6.26 Å². The topological polar surface area (TPSA) is 46.6 Å². The first kappa shape index (κ1) is 19.7. The van der Waals surface area contributed by atoms with Gasteiger partial charge in [-0.25, -0.2) is 8.42 Å². The standard InChI is InChI=1S/C23H20ClNO3S/c1-29(26,27)21-13-9-19(10-14-21)23-22(18-7-11-20(24)12-8-18)16-25(28-23)15-17-5-3-2-4-6-17/h2-14H,15-16H2,1H3. The van der Waals surface area contributed by atoms with Crippen LogP contribution in [0.2, 0.25) is 5.02 Å². The molecule has 0 atom stereocenters. The fraction of sp³-hybridized carbons (Fsp3) is 0.130. The molecule has 0 amide bonds. The highest BCUT2D eigenvalue weighted by Crippen LogP contribution is 2.36. The minimum absolute atomic E-state index is 0.286. The van der Waals surface area contributed by atoms with E-state index in [0.29, 0.717) is 18.1 Å². The van der Waals surface area contributed by atoms with Gasteiger partial charge in [0.2, 0.25) is 0 Å². The van der Waals surface area contributed by atoms with Gasteiger partial charge in [0.25, 0.3) is 0 Å². The summed E-state index contributed by atoms with van der Waals surface area (Å²) in [6.07, 6.45) is 1.20. The Morgan fingerprint density at radius 1 is 0.897 bits per heavy atom. The number of hydrogen-bond donors (Lipinski definition) is 0. The highest BCUT2D eigenvalue weighted by molar-refractivity contribution is 7.90. The molecule has 29 heavy (non-hydrogen) atoms. The van der Waals surface area contributed by atoms with Crippen LogP contribution in [0.5, 0.6) is 0 Å². The Hall–Kier alpha value is -2.60. The lowest BCUT2D eigenvalue weighted by atomic mass is 10.0. The fourth-order valence-corrected chi connectivity index (χ4v) is 4.05. The zero-order valence-corrected chi connectivity index (χ0v) is 17.5. The predicted octanol–water partition coefficient (Wildman–Crippen LogP) is 5.06. The highest BCUT2D eigenvalue weighted by Gasteiger charge is 2.26. The molecule has 4 rings (SSSR count). The van der Waals surface area contributed by atoms with Crippen LogP contribution in [0.4, 0.5) is 0 Å². The maximum Gasteiger partial charge on any atom is 0.175 e. The molecule has 3 aromatic rings. The zero-order valence-electron chi connectivity index (χ0n) is 15.9. The van der Waals surface area contributed by atoms with E-state index >= 15 is 0 Å². The van der Waals surface area contributed by atoms with Gasteiger partial charge in [-0.1, -0.05) is 54.1 Å². The first-order chi connectivity index (χ1) is 13.9. The first-order valence-electron chi connectivity index (χ1n) is 9.16. The quantitative estimate of drug-likeness (QED) is 0.573. The summed E-state index contributed by atoms with van der Waals surface area (Å²) in [4.78, 5) is 6.49. The van der Waals surface area contributed by atoms with E-state index in [9.17, 15) is 8.42 Å². The number of rotatable bonds is 5. The zero-order chi connectivity index (χ0) is 20.4. The summed E-state index contributed by atoms with van der Waals surface area (Å²) >= 11 is 6.05. The molecule has 0 saturated heterocycles. The van der Waals surface area contributed by atoms with Crippen molar-refractivity contribution in [3.8, 4) is 0 Å². The van der Waals surface area contributed by atoms with Crippen molar-refractivity contribution in [1.29, 1.82) is 0 Å². The van der Waals surface area contributed by atoms with Gasteiger partial charge < -0.3 is 4.84 Å². The van der Waals surface area contributed by atoms with E-state index in [2.05, 4.69) is 12.1 Å². The molecule has 0 aromatic heterocycles. The summed E-state index contributed by atoms with van der Waals surface area (Å²) in [5.41, 5.74) is 4.03. The van der Waals surface area contributed by atoms with Crippen LogP contribution in [0.3, 0.4) is 0 Å². The number of benzene rings is 3. The van der Waals surface area contributed by atoms with Gasteiger partial charge in [-0.15, -0.1) is 5.06 Å². The van der Waals surface area contributed by atoms with Crippen LogP contribution in [-0.4, -0.2) is 26.3 Å². The lowest BCUT2D eigenvalue weighted by Gasteiger charge is -2.16. The number of sulfone groups is 1. The van der Waals surface area contributed by atoms with Gasteiger partial charge in [0, 0.05) is 22.4 Å². The molecule has 0 spiro atoms. The predicted molar refractivity (Wildman–Crippen MR) is 116 cm³/mol. The smallest absolute Gasteiger partial charge is 0.175 e. The lowest BCUT2D eigenvalue weighted by molar-refractivity contribution is -0.0689. The van der Waals surface area contributed by atoms with Crippen molar-refractivity contribution in [3.05, 3.63) is 101 Å². The molecule has 0 aliphatic carbocycles. The number of halogens is 1. The first-order valence-corrected chi connectivity index (χ1v) is 11.4. The van der Waals surface area contributed by atoms with Gasteiger partial charge in [0.15, 0.2) is 15.6 Å². The van der Waals surface area contributed by atoms with E-state index in [-0.39, 0.29) is 4.90 Å². The molecule has 4 nitrogen and oxygen atoms in total. The largest absolute Gasteiger partial charge is 0.404 e. The molecule has 0 N–H and O–H groups in total. The van der Waals surface area contributed by atoms with Crippen LogP contribution in [0.25, 0.3) is 11.3 Å². The van der Waals surface area contributed by atoms with Crippen LogP contribution in [-0.2, 0) is 21.2 Å². The maximum atomic E-state index is 11.8. The second-order valence-corrected chi connectivity index (χ2v) is 9.44. The number of hydroxylamine groups is 2.